The van der Waals surface area contributed by atoms with Crippen LogP contribution < -0.4 is 10.5 Å². The van der Waals surface area contributed by atoms with Gasteiger partial charge >= 0.3 is 5.97 Å². The number of carbonyl (C=O) groups excluding carboxylic acids is 1. The lowest BCUT2D eigenvalue weighted by atomic mass is 10.1. The Morgan fingerprint density at radius 1 is 1.42 bits per heavy atom. The highest BCUT2D eigenvalue weighted by atomic mass is 16.6. The Kier molecular flexibility index (Phi) is 6.36. The molecule has 106 valence electrons. The Morgan fingerprint density at radius 2 is 2.16 bits per heavy atom. The van der Waals surface area contributed by atoms with Gasteiger partial charge in [0.25, 0.3) is 0 Å². The Balaban J connectivity index is 2.47. The van der Waals surface area contributed by atoms with Crippen LogP contribution in [0.15, 0.2) is 18.2 Å². The van der Waals surface area contributed by atoms with E-state index in [2.05, 4.69) is 0 Å². The summed E-state index contributed by atoms with van der Waals surface area (Å²) in [5.74, 6) is 0.362. The van der Waals surface area contributed by atoms with Gasteiger partial charge in [-0.15, -0.1) is 0 Å². The van der Waals surface area contributed by atoms with Crippen molar-refractivity contribution in [1.29, 1.82) is 0 Å². The van der Waals surface area contributed by atoms with Gasteiger partial charge in [0, 0.05) is 6.04 Å². The third kappa shape index (κ3) is 5.30. The van der Waals surface area contributed by atoms with Crippen molar-refractivity contribution in [1.82, 2.24) is 0 Å². The fourth-order valence-electron chi connectivity index (χ4n) is 1.63. The second-order valence-corrected chi connectivity index (χ2v) is 4.68. The molecule has 4 nitrogen and oxygen atoms in total. The topological polar surface area (TPSA) is 61.5 Å². The third-order valence-corrected chi connectivity index (χ3v) is 2.83. The number of rotatable bonds is 7. The molecule has 1 unspecified atom stereocenters. The molecular weight excluding hydrogens is 242 g/mol. The molecule has 4 heteroatoms. The fraction of sp³-hybridized carbons (Fsp3) is 0.533. The fourth-order valence-corrected chi connectivity index (χ4v) is 1.63. The van der Waals surface area contributed by atoms with E-state index in [1.165, 1.54) is 0 Å². The van der Waals surface area contributed by atoms with Gasteiger partial charge in [-0.1, -0.05) is 25.5 Å². The predicted octanol–water partition coefficient (Wildman–Crippen LogP) is 2.74. The van der Waals surface area contributed by atoms with E-state index < -0.39 is 0 Å². The van der Waals surface area contributed by atoms with Crippen LogP contribution in [0.2, 0.25) is 0 Å². The summed E-state index contributed by atoms with van der Waals surface area (Å²) in [4.78, 5) is 11.4. The standard InChI is InChI=1S/C15H23NO3/c1-4-5-8-18-15(17)10-19-14-7-6-13(12(3)16)9-11(14)2/h6-7,9,12H,4-5,8,10,16H2,1-3H3. The van der Waals surface area contributed by atoms with Gasteiger partial charge in [0.2, 0.25) is 0 Å². The van der Waals surface area contributed by atoms with Crippen LogP contribution >= 0.6 is 0 Å². The van der Waals surface area contributed by atoms with E-state index in [4.69, 9.17) is 15.2 Å². The van der Waals surface area contributed by atoms with Crippen LogP contribution in [-0.4, -0.2) is 19.2 Å². The van der Waals surface area contributed by atoms with E-state index in [1.807, 2.05) is 39.0 Å². The second-order valence-electron chi connectivity index (χ2n) is 4.68. The van der Waals surface area contributed by atoms with Crippen LogP contribution in [0.3, 0.4) is 0 Å². The minimum atomic E-state index is -0.330. The monoisotopic (exact) mass is 265 g/mol. The molecule has 0 amide bonds. The maximum atomic E-state index is 11.4. The van der Waals surface area contributed by atoms with Crippen molar-refractivity contribution < 1.29 is 14.3 Å². The number of ether oxygens (including phenoxy) is 2. The summed E-state index contributed by atoms with van der Waals surface area (Å²) in [6, 6.07) is 5.72. The molecule has 0 fully saturated rings. The molecule has 19 heavy (non-hydrogen) atoms. The van der Waals surface area contributed by atoms with E-state index in [1.54, 1.807) is 0 Å². The van der Waals surface area contributed by atoms with Crippen molar-refractivity contribution >= 4 is 5.97 Å². The van der Waals surface area contributed by atoms with Gasteiger partial charge in [0.15, 0.2) is 6.61 Å². The van der Waals surface area contributed by atoms with Gasteiger partial charge in [-0.25, -0.2) is 4.79 Å². The molecule has 1 aromatic rings. The Labute approximate surface area is 114 Å². The van der Waals surface area contributed by atoms with Crippen molar-refractivity contribution in [3.05, 3.63) is 29.3 Å². The first-order valence-electron chi connectivity index (χ1n) is 6.69. The zero-order chi connectivity index (χ0) is 14.3. The van der Waals surface area contributed by atoms with E-state index in [0.717, 1.165) is 24.0 Å². The molecular formula is C15H23NO3. The van der Waals surface area contributed by atoms with Crippen LogP contribution in [0.25, 0.3) is 0 Å². The van der Waals surface area contributed by atoms with Gasteiger partial charge in [-0.05, 0) is 37.5 Å². The maximum Gasteiger partial charge on any atom is 0.344 e. The highest BCUT2D eigenvalue weighted by molar-refractivity contribution is 5.71. The average molecular weight is 265 g/mol. The summed E-state index contributed by atoms with van der Waals surface area (Å²) in [6.45, 7) is 6.32. The predicted molar refractivity (Wildman–Crippen MR) is 75.1 cm³/mol. The molecule has 1 rings (SSSR count). The van der Waals surface area contributed by atoms with E-state index in [9.17, 15) is 4.79 Å². The minimum Gasteiger partial charge on any atom is -0.482 e. The zero-order valence-corrected chi connectivity index (χ0v) is 11.9. The Morgan fingerprint density at radius 3 is 2.74 bits per heavy atom. The first-order valence-corrected chi connectivity index (χ1v) is 6.69. The lowest BCUT2D eigenvalue weighted by Gasteiger charge is -2.12. The lowest BCUT2D eigenvalue weighted by molar-refractivity contribution is -0.146. The number of hydrogen-bond acceptors (Lipinski definition) is 4. The lowest BCUT2D eigenvalue weighted by Crippen LogP contribution is -2.16. The van der Waals surface area contributed by atoms with Crippen LogP contribution in [0.4, 0.5) is 0 Å². The largest absolute Gasteiger partial charge is 0.482 e. The first kappa shape index (κ1) is 15.5. The van der Waals surface area contributed by atoms with Crippen molar-refractivity contribution in [3.63, 3.8) is 0 Å². The molecule has 0 aromatic heterocycles. The normalized spacial score (nSPS) is 12.0. The molecule has 1 aromatic carbocycles. The van der Waals surface area contributed by atoms with Crippen molar-refractivity contribution in [3.8, 4) is 5.75 Å². The summed E-state index contributed by atoms with van der Waals surface area (Å²) in [5, 5.41) is 0. The smallest absolute Gasteiger partial charge is 0.344 e. The van der Waals surface area contributed by atoms with Crippen LogP contribution in [0, 0.1) is 6.92 Å². The molecule has 0 radical (unpaired) electrons. The molecule has 0 saturated carbocycles. The molecule has 1 atom stereocenters. The van der Waals surface area contributed by atoms with Gasteiger partial charge in [0.1, 0.15) is 5.75 Å². The van der Waals surface area contributed by atoms with Crippen LogP contribution in [0.5, 0.6) is 5.75 Å². The number of benzene rings is 1. The van der Waals surface area contributed by atoms with E-state index in [-0.39, 0.29) is 18.6 Å². The number of nitrogens with two attached hydrogens (primary N) is 1. The average Bonchev–Trinajstić information content (AvgIpc) is 2.37. The van der Waals surface area contributed by atoms with Crippen LogP contribution in [0.1, 0.15) is 43.9 Å². The molecule has 0 spiro atoms. The first-order chi connectivity index (χ1) is 9.04. The Hall–Kier alpha value is -1.55. The SMILES string of the molecule is CCCCOC(=O)COc1ccc(C(C)N)cc1C. The van der Waals surface area contributed by atoms with Gasteiger partial charge in [-0.3, -0.25) is 0 Å². The molecule has 0 bridgehead atoms. The number of carbonyl (C=O) groups is 1. The maximum absolute atomic E-state index is 11.4. The molecule has 0 aliphatic heterocycles. The highest BCUT2D eigenvalue weighted by Crippen LogP contribution is 2.21. The molecule has 0 saturated heterocycles. The van der Waals surface area contributed by atoms with Gasteiger partial charge < -0.3 is 15.2 Å². The van der Waals surface area contributed by atoms with Crippen molar-refractivity contribution in [2.45, 2.75) is 39.7 Å². The quantitative estimate of drug-likeness (QED) is 0.608. The van der Waals surface area contributed by atoms with Gasteiger partial charge in [0.05, 0.1) is 6.61 Å². The zero-order valence-electron chi connectivity index (χ0n) is 11.9. The summed E-state index contributed by atoms with van der Waals surface area (Å²) in [7, 11) is 0. The number of esters is 1. The molecule has 0 aliphatic carbocycles. The number of hydrogen-bond donors (Lipinski definition) is 1. The van der Waals surface area contributed by atoms with E-state index >= 15 is 0 Å². The molecule has 2 N–H and O–H groups in total. The van der Waals surface area contributed by atoms with Crippen molar-refractivity contribution in [2.75, 3.05) is 13.2 Å². The Bertz CT molecular complexity index is 416. The minimum absolute atomic E-state index is 0.00763. The van der Waals surface area contributed by atoms with Crippen LogP contribution in [-0.2, 0) is 9.53 Å². The number of unbranched alkanes of at least 4 members (excludes halogenated alkanes) is 1. The summed E-state index contributed by atoms with van der Waals surface area (Å²) < 4.78 is 10.5. The van der Waals surface area contributed by atoms with Gasteiger partial charge in [-0.2, -0.15) is 0 Å². The summed E-state index contributed by atoms with van der Waals surface area (Å²) >= 11 is 0. The summed E-state index contributed by atoms with van der Waals surface area (Å²) in [5.41, 5.74) is 7.83. The molecule has 0 aliphatic rings. The third-order valence-electron chi connectivity index (χ3n) is 2.83. The number of aryl methyl sites for hydroxylation is 1. The molecule has 0 heterocycles. The highest BCUT2D eigenvalue weighted by Gasteiger charge is 2.07. The van der Waals surface area contributed by atoms with E-state index in [0.29, 0.717) is 12.4 Å². The summed E-state index contributed by atoms with van der Waals surface area (Å²) in [6.07, 6.45) is 1.89. The van der Waals surface area contributed by atoms with Crippen molar-refractivity contribution in [2.24, 2.45) is 5.73 Å². The second kappa shape index (κ2) is 7.79.